The Morgan fingerprint density at radius 1 is 0.625 bits per heavy atom. The van der Waals surface area contributed by atoms with E-state index in [4.69, 9.17) is 9.47 Å². The van der Waals surface area contributed by atoms with E-state index in [0.29, 0.717) is 33.9 Å². The van der Waals surface area contributed by atoms with Gasteiger partial charge in [-0.25, -0.2) is 21.6 Å². The molecule has 0 unspecified atom stereocenters. The molecule has 0 fully saturated rings. The van der Waals surface area contributed by atoms with Crippen LogP contribution < -0.4 is 79.2 Å². The number of carbonyl (C=O) groups excluding carboxylic acids is 1. The number of hydrogen-bond acceptors (Lipinski definition) is 13. The number of methoxy groups -OCH3 is 2. The molecule has 240 valence electrons. The molecule has 0 aromatic heterocycles. The van der Waals surface area contributed by atoms with Crippen molar-refractivity contribution in [2.24, 2.45) is 20.5 Å². The Morgan fingerprint density at radius 3 is 1.33 bits per heavy atom. The van der Waals surface area contributed by atoms with Crippen molar-refractivity contribution in [3.63, 3.8) is 0 Å². The zero-order valence-electron chi connectivity index (χ0n) is 26.7. The van der Waals surface area contributed by atoms with Crippen LogP contribution in [0.15, 0.2) is 103 Å². The molecule has 4 aromatic rings. The average Bonchev–Trinajstić information content (AvgIpc) is 2.99. The first-order valence-corrected chi connectivity index (χ1v) is 15.9. The van der Waals surface area contributed by atoms with E-state index in [1.165, 1.54) is 50.6 Å². The van der Waals surface area contributed by atoms with Crippen LogP contribution in [0.2, 0.25) is 0 Å². The molecule has 0 aliphatic heterocycles. The van der Waals surface area contributed by atoms with Gasteiger partial charge < -0.3 is 29.2 Å². The fraction of sp³-hybridized carbons (Fsp3) is 0.138. The van der Waals surface area contributed by atoms with Gasteiger partial charge in [0, 0.05) is 12.1 Å². The maximum Gasteiger partial charge on any atom is 1.00 e. The molecule has 0 bridgehead atoms. The predicted octanol–water partition coefficient (Wildman–Crippen LogP) is 0.612. The fourth-order valence-corrected chi connectivity index (χ4v) is 5.03. The van der Waals surface area contributed by atoms with Gasteiger partial charge in [0.25, 0.3) is 0 Å². The van der Waals surface area contributed by atoms with Gasteiger partial charge in [0.1, 0.15) is 31.7 Å². The van der Waals surface area contributed by atoms with Crippen LogP contribution >= 0.6 is 0 Å². The number of nitrogens with one attached hydrogen (secondary N) is 2. The van der Waals surface area contributed by atoms with Crippen LogP contribution in [0.4, 0.5) is 38.9 Å². The molecule has 0 saturated heterocycles. The standard InChI is InChI=1S/C29H28N6O9S2.2Na/c1-17-11-25(27(43-3)15-23(17)34-32-19-7-5-9-21(13-19)45(37,38)39)30-29(36)31-26-12-18(2)24(16-28(26)44-4)35-33-20-8-6-10-22(14-20)46(40,41)42;;/h5-16H,1-4H3,(H2,30,31,36)(H,37,38,39)(H,40,41,42);;/q;2*+1/p-2. The van der Waals surface area contributed by atoms with E-state index in [1.54, 1.807) is 26.0 Å². The molecule has 4 aromatic carbocycles. The number of ether oxygens (including phenoxy) is 2. The molecule has 0 atom stereocenters. The molecular formula is C29H26N6Na2O9S2. The van der Waals surface area contributed by atoms with Crippen molar-refractivity contribution in [1.82, 2.24) is 0 Å². The molecule has 0 spiro atoms. The van der Waals surface area contributed by atoms with E-state index in [1.807, 2.05) is 0 Å². The average molecular weight is 713 g/mol. The monoisotopic (exact) mass is 712 g/mol. The molecule has 2 amide bonds. The van der Waals surface area contributed by atoms with Crippen LogP contribution in [0, 0.1) is 13.8 Å². The van der Waals surface area contributed by atoms with Crippen LogP contribution in [-0.4, -0.2) is 46.2 Å². The van der Waals surface area contributed by atoms with Crippen molar-refractivity contribution < 1.29 is 99.3 Å². The first kappa shape index (κ1) is 40.9. The number of carbonyl (C=O) groups is 1. The van der Waals surface area contributed by atoms with Crippen molar-refractivity contribution in [3.8, 4) is 11.5 Å². The Morgan fingerprint density at radius 2 is 1.00 bits per heavy atom. The number of rotatable bonds is 10. The smallest absolute Gasteiger partial charge is 0.744 e. The molecule has 0 radical (unpaired) electrons. The number of amides is 2. The van der Waals surface area contributed by atoms with E-state index in [9.17, 15) is 30.7 Å². The molecule has 19 heteroatoms. The SMILES string of the molecule is COc1cc(N=Nc2cccc(S(=O)(=O)[O-])c2)c(C)cc1NC(=O)Nc1cc(C)c(N=Nc2cccc(S(=O)(=O)[O-])c2)cc1OC.[Na+].[Na+]. The number of urea groups is 1. The van der Waals surface area contributed by atoms with Crippen molar-refractivity contribution in [3.05, 3.63) is 83.9 Å². The molecule has 0 aliphatic rings. The maximum atomic E-state index is 13.0. The second-order valence-electron chi connectivity index (χ2n) is 9.56. The third-order valence-corrected chi connectivity index (χ3v) is 7.95. The second-order valence-corrected chi connectivity index (χ2v) is 12.3. The number of benzene rings is 4. The van der Waals surface area contributed by atoms with E-state index >= 15 is 0 Å². The summed E-state index contributed by atoms with van der Waals surface area (Å²) >= 11 is 0. The van der Waals surface area contributed by atoms with E-state index in [0.717, 1.165) is 24.3 Å². The predicted molar refractivity (Wildman–Crippen MR) is 165 cm³/mol. The Bertz CT molecular complexity index is 1950. The normalized spacial score (nSPS) is 11.5. The van der Waals surface area contributed by atoms with Crippen molar-refractivity contribution in [2.45, 2.75) is 23.6 Å². The summed E-state index contributed by atoms with van der Waals surface area (Å²) < 4.78 is 78.6. The number of aryl methyl sites for hydroxylation is 2. The molecule has 0 heterocycles. The van der Waals surface area contributed by atoms with Gasteiger partial charge in [0.05, 0.1) is 58.1 Å². The topological polar surface area (TPSA) is 223 Å². The quantitative estimate of drug-likeness (QED) is 0.133. The van der Waals surface area contributed by atoms with Gasteiger partial charge in [-0.1, -0.05) is 12.1 Å². The molecule has 15 nitrogen and oxygen atoms in total. The minimum absolute atomic E-state index is 0. The molecule has 2 N–H and O–H groups in total. The number of anilines is 2. The van der Waals surface area contributed by atoms with Gasteiger partial charge >= 0.3 is 65.1 Å². The largest absolute Gasteiger partial charge is 1.00 e. The number of nitrogens with zero attached hydrogens (tertiary/aromatic N) is 4. The molecule has 4 rings (SSSR count). The maximum absolute atomic E-state index is 13.0. The van der Waals surface area contributed by atoms with Gasteiger partial charge in [-0.05, 0) is 73.5 Å². The molecular weight excluding hydrogens is 686 g/mol. The third kappa shape index (κ3) is 10.9. The summed E-state index contributed by atoms with van der Waals surface area (Å²) in [5.74, 6) is 0.497. The van der Waals surface area contributed by atoms with Gasteiger partial charge in [0.2, 0.25) is 0 Å². The summed E-state index contributed by atoms with van der Waals surface area (Å²) in [7, 11) is -6.52. The zero-order valence-corrected chi connectivity index (χ0v) is 32.3. The molecule has 48 heavy (non-hydrogen) atoms. The van der Waals surface area contributed by atoms with Crippen LogP contribution in [0.1, 0.15) is 11.1 Å². The molecule has 0 saturated carbocycles. The molecule has 0 aliphatic carbocycles. The Balaban J connectivity index is 0.00000400. The summed E-state index contributed by atoms with van der Waals surface area (Å²) in [4.78, 5) is 12.1. The van der Waals surface area contributed by atoms with Gasteiger partial charge in [-0.2, -0.15) is 20.5 Å². The Hall–Kier alpha value is -3.23. The first-order valence-electron chi connectivity index (χ1n) is 13.1. The van der Waals surface area contributed by atoms with Gasteiger partial charge in [-0.3, -0.25) is 0 Å². The zero-order chi connectivity index (χ0) is 33.6. The Labute approximate surface area is 321 Å². The van der Waals surface area contributed by atoms with Crippen LogP contribution in [0.5, 0.6) is 11.5 Å². The summed E-state index contributed by atoms with van der Waals surface area (Å²) in [6.45, 7) is 3.43. The third-order valence-electron chi connectivity index (χ3n) is 6.29. The van der Waals surface area contributed by atoms with Gasteiger partial charge in [0.15, 0.2) is 0 Å². The number of azo groups is 2. The Kier molecular flexibility index (Phi) is 14.9. The van der Waals surface area contributed by atoms with Crippen LogP contribution in [0.25, 0.3) is 0 Å². The first-order chi connectivity index (χ1) is 21.7. The van der Waals surface area contributed by atoms with E-state index < -0.39 is 36.1 Å². The summed E-state index contributed by atoms with van der Waals surface area (Å²) in [6.07, 6.45) is 0. The minimum atomic E-state index is -4.65. The van der Waals surface area contributed by atoms with E-state index in [-0.39, 0.29) is 82.0 Å². The minimum Gasteiger partial charge on any atom is -0.744 e. The summed E-state index contributed by atoms with van der Waals surface area (Å²) in [6, 6.07) is 15.9. The van der Waals surface area contributed by atoms with Crippen molar-refractivity contribution >= 4 is 60.4 Å². The van der Waals surface area contributed by atoms with Gasteiger partial charge in [-0.15, -0.1) is 0 Å². The summed E-state index contributed by atoms with van der Waals surface area (Å²) in [5.41, 5.74) is 2.82. The van der Waals surface area contributed by atoms with Crippen molar-refractivity contribution in [1.29, 1.82) is 0 Å². The fourth-order valence-electron chi connectivity index (χ4n) is 4.00. The number of hydrogen-bond donors (Lipinski definition) is 2. The van der Waals surface area contributed by atoms with Crippen LogP contribution in [0.3, 0.4) is 0 Å². The van der Waals surface area contributed by atoms with Crippen LogP contribution in [-0.2, 0) is 20.2 Å². The second kappa shape index (κ2) is 17.4. The van der Waals surface area contributed by atoms with E-state index in [2.05, 4.69) is 31.1 Å². The van der Waals surface area contributed by atoms with Crippen molar-refractivity contribution in [2.75, 3.05) is 24.9 Å². The summed E-state index contributed by atoms with van der Waals surface area (Å²) in [5, 5.41) is 21.7.